The lowest BCUT2D eigenvalue weighted by atomic mass is 9.87. The van der Waals surface area contributed by atoms with Crippen molar-refractivity contribution >= 4 is 76.3 Å². The van der Waals surface area contributed by atoms with E-state index in [1.54, 1.807) is 0 Å². The third kappa shape index (κ3) is 4.66. The SMILES string of the molecule is c1ccc(-c2nc(-c3cc(-c4cccc(-c5ccc6oc7ccccc7c6c5)c4)c4c5ccccc5c5ccccc5c4c3)nc3c2oc2ccccc23)cc1. The first-order valence-corrected chi connectivity index (χ1v) is 18.9. The van der Waals surface area contributed by atoms with Crippen molar-refractivity contribution in [1.29, 1.82) is 0 Å². The Balaban J connectivity index is 1.16. The molecule has 4 nitrogen and oxygen atoms in total. The second-order valence-corrected chi connectivity index (χ2v) is 14.5. The Kier molecular flexibility index (Phi) is 6.60. The van der Waals surface area contributed by atoms with E-state index in [0.29, 0.717) is 11.4 Å². The summed E-state index contributed by atoms with van der Waals surface area (Å²) in [4.78, 5) is 10.6. The maximum atomic E-state index is 6.47. The normalized spacial score (nSPS) is 11.9. The van der Waals surface area contributed by atoms with Crippen LogP contribution in [0.25, 0.3) is 121 Å². The van der Waals surface area contributed by atoms with Gasteiger partial charge in [-0.3, -0.25) is 0 Å². The molecule has 12 rings (SSSR count). The van der Waals surface area contributed by atoms with E-state index in [4.69, 9.17) is 18.8 Å². The average Bonchev–Trinajstić information content (AvgIpc) is 3.84. The molecule has 12 aromatic rings. The second-order valence-electron chi connectivity index (χ2n) is 14.5. The van der Waals surface area contributed by atoms with Crippen LogP contribution in [-0.2, 0) is 0 Å². The van der Waals surface area contributed by atoms with Gasteiger partial charge in [0.15, 0.2) is 11.4 Å². The Labute approximate surface area is 320 Å². The van der Waals surface area contributed by atoms with Crippen LogP contribution in [0.4, 0.5) is 0 Å². The summed E-state index contributed by atoms with van der Waals surface area (Å²) < 4.78 is 12.6. The fourth-order valence-electron chi connectivity index (χ4n) is 8.67. The van der Waals surface area contributed by atoms with E-state index in [1.807, 2.05) is 48.5 Å². The van der Waals surface area contributed by atoms with E-state index in [2.05, 4.69) is 133 Å². The molecule has 0 aliphatic heterocycles. The van der Waals surface area contributed by atoms with Crippen LogP contribution in [0.1, 0.15) is 0 Å². The number of nitrogens with zero attached hydrogens (tertiary/aromatic N) is 2. The predicted molar refractivity (Wildman–Crippen MR) is 231 cm³/mol. The van der Waals surface area contributed by atoms with Gasteiger partial charge in [0.25, 0.3) is 0 Å². The molecule has 0 bridgehead atoms. The third-order valence-corrected chi connectivity index (χ3v) is 11.3. The molecule has 0 amide bonds. The molecule has 56 heavy (non-hydrogen) atoms. The minimum atomic E-state index is 0.650. The van der Waals surface area contributed by atoms with E-state index in [1.165, 1.54) is 26.9 Å². The third-order valence-electron chi connectivity index (χ3n) is 11.3. The Morgan fingerprint density at radius 1 is 0.321 bits per heavy atom. The van der Waals surface area contributed by atoms with Gasteiger partial charge in [-0.2, -0.15) is 0 Å². The van der Waals surface area contributed by atoms with Crippen molar-refractivity contribution in [2.75, 3.05) is 0 Å². The van der Waals surface area contributed by atoms with Gasteiger partial charge < -0.3 is 8.83 Å². The molecular formula is C52H30N2O2. The highest BCUT2D eigenvalue weighted by Gasteiger charge is 2.21. The summed E-state index contributed by atoms with van der Waals surface area (Å²) in [5.74, 6) is 0.650. The number of benzene rings is 9. The van der Waals surface area contributed by atoms with Crippen molar-refractivity contribution < 1.29 is 8.83 Å². The molecule has 9 aromatic carbocycles. The van der Waals surface area contributed by atoms with Gasteiger partial charge in [-0.15, -0.1) is 0 Å². The van der Waals surface area contributed by atoms with Gasteiger partial charge in [0.1, 0.15) is 28.0 Å². The Morgan fingerprint density at radius 2 is 0.893 bits per heavy atom. The highest BCUT2D eigenvalue weighted by atomic mass is 16.3. The summed E-state index contributed by atoms with van der Waals surface area (Å²) in [7, 11) is 0. The molecule has 0 saturated carbocycles. The first-order chi connectivity index (χ1) is 27.7. The molecule has 0 unspecified atom stereocenters. The van der Waals surface area contributed by atoms with Crippen LogP contribution in [0, 0.1) is 0 Å². The summed E-state index contributed by atoms with van der Waals surface area (Å²) in [6.45, 7) is 0. The number of rotatable bonds is 4. The summed E-state index contributed by atoms with van der Waals surface area (Å²) in [5, 5.41) is 10.4. The van der Waals surface area contributed by atoms with E-state index in [0.717, 1.165) is 82.9 Å². The number of aromatic nitrogens is 2. The van der Waals surface area contributed by atoms with Crippen LogP contribution in [0.5, 0.6) is 0 Å². The zero-order valence-electron chi connectivity index (χ0n) is 30.0. The number of fused-ring (bicyclic) bond motifs is 12. The lowest BCUT2D eigenvalue weighted by molar-refractivity contribution is 0.667. The molecule has 0 fully saturated rings. The fourth-order valence-corrected chi connectivity index (χ4v) is 8.67. The number of hydrogen-bond acceptors (Lipinski definition) is 4. The summed E-state index contributed by atoms with van der Waals surface area (Å²) in [5.41, 5.74) is 11.3. The van der Waals surface area contributed by atoms with Crippen molar-refractivity contribution in [1.82, 2.24) is 9.97 Å². The number of furan rings is 2. The lowest BCUT2D eigenvalue weighted by Crippen LogP contribution is -1.96. The molecule has 4 heteroatoms. The molecule has 0 saturated heterocycles. The molecule has 0 spiro atoms. The van der Waals surface area contributed by atoms with E-state index in [9.17, 15) is 0 Å². The predicted octanol–water partition coefficient (Wildman–Crippen LogP) is 14.4. The van der Waals surface area contributed by atoms with E-state index < -0.39 is 0 Å². The first-order valence-electron chi connectivity index (χ1n) is 18.9. The molecule has 0 aliphatic carbocycles. The summed E-state index contributed by atoms with van der Waals surface area (Å²) >= 11 is 0. The van der Waals surface area contributed by atoms with Gasteiger partial charge in [-0.05, 0) is 103 Å². The van der Waals surface area contributed by atoms with Crippen molar-refractivity contribution in [3.63, 3.8) is 0 Å². The van der Waals surface area contributed by atoms with Crippen molar-refractivity contribution in [2.24, 2.45) is 0 Å². The zero-order valence-corrected chi connectivity index (χ0v) is 30.0. The largest absolute Gasteiger partial charge is 0.456 e. The highest BCUT2D eigenvalue weighted by molar-refractivity contribution is 6.29. The van der Waals surface area contributed by atoms with E-state index >= 15 is 0 Å². The zero-order chi connectivity index (χ0) is 36.7. The molecule has 0 radical (unpaired) electrons. The van der Waals surface area contributed by atoms with Gasteiger partial charge in [0, 0.05) is 27.3 Å². The Bertz CT molecular complexity index is 3540. The summed E-state index contributed by atoms with van der Waals surface area (Å²) in [6, 6.07) is 64.1. The van der Waals surface area contributed by atoms with Crippen LogP contribution in [0.2, 0.25) is 0 Å². The maximum Gasteiger partial charge on any atom is 0.180 e. The smallest absolute Gasteiger partial charge is 0.180 e. The van der Waals surface area contributed by atoms with Gasteiger partial charge in [0.05, 0.1) is 0 Å². The average molecular weight is 715 g/mol. The van der Waals surface area contributed by atoms with Crippen molar-refractivity contribution in [2.45, 2.75) is 0 Å². The van der Waals surface area contributed by atoms with E-state index in [-0.39, 0.29) is 0 Å². The topological polar surface area (TPSA) is 52.1 Å². The number of hydrogen-bond donors (Lipinski definition) is 0. The van der Waals surface area contributed by atoms with Crippen LogP contribution in [0.3, 0.4) is 0 Å². The van der Waals surface area contributed by atoms with Crippen molar-refractivity contribution in [3.05, 3.63) is 182 Å². The standard InChI is InChI=1S/C52H30N2O2/c1-2-13-31(14-3-1)49-51-50(41-22-9-11-24-46(41)56-51)54-52(53-49)35-29-42(48-40-21-7-6-18-37(40)36-17-4-5-19-38(36)44(48)30-35)34-16-12-15-32(27-34)33-25-26-47-43(28-33)39-20-8-10-23-45(39)55-47/h1-30H. The molecule has 0 aliphatic rings. The van der Waals surface area contributed by atoms with Crippen molar-refractivity contribution in [3.8, 4) is 44.9 Å². The molecule has 3 aromatic heterocycles. The van der Waals surface area contributed by atoms with Gasteiger partial charge in [-0.1, -0.05) is 133 Å². The minimum Gasteiger partial charge on any atom is -0.456 e. The fraction of sp³-hybridized carbons (Fsp3) is 0. The molecule has 3 heterocycles. The quantitative estimate of drug-likeness (QED) is 0.170. The number of para-hydroxylation sites is 2. The second kappa shape index (κ2) is 12.0. The Hall–Kier alpha value is -7.56. The molecular weight excluding hydrogens is 685 g/mol. The van der Waals surface area contributed by atoms with Crippen LogP contribution >= 0.6 is 0 Å². The van der Waals surface area contributed by atoms with Crippen LogP contribution < -0.4 is 0 Å². The maximum absolute atomic E-state index is 6.47. The molecule has 260 valence electrons. The lowest BCUT2D eigenvalue weighted by Gasteiger charge is -2.17. The molecule has 0 atom stereocenters. The van der Waals surface area contributed by atoms with Crippen LogP contribution in [0.15, 0.2) is 191 Å². The minimum absolute atomic E-state index is 0.650. The van der Waals surface area contributed by atoms with Crippen LogP contribution in [-0.4, -0.2) is 9.97 Å². The van der Waals surface area contributed by atoms with Gasteiger partial charge >= 0.3 is 0 Å². The molecule has 0 N–H and O–H groups in total. The monoisotopic (exact) mass is 714 g/mol. The van der Waals surface area contributed by atoms with Gasteiger partial charge in [0.2, 0.25) is 0 Å². The Morgan fingerprint density at radius 3 is 1.70 bits per heavy atom. The first kappa shape index (κ1) is 30.9. The highest BCUT2D eigenvalue weighted by Crippen LogP contribution is 2.44. The summed E-state index contributed by atoms with van der Waals surface area (Å²) in [6.07, 6.45) is 0. The van der Waals surface area contributed by atoms with Gasteiger partial charge in [-0.25, -0.2) is 9.97 Å².